The fourth-order valence-electron chi connectivity index (χ4n) is 1.74. The SMILES string of the molecule is CCOc1ccc(OCC(=O)Nc2c(F)cccc2F)cc1. The quantitative estimate of drug-likeness (QED) is 0.890. The van der Waals surface area contributed by atoms with Gasteiger partial charge in [-0.2, -0.15) is 0 Å². The van der Waals surface area contributed by atoms with E-state index in [0.717, 1.165) is 12.1 Å². The molecule has 0 aliphatic rings. The van der Waals surface area contributed by atoms with Gasteiger partial charge in [-0.3, -0.25) is 4.79 Å². The van der Waals surface area contributed by atoms with Crippen molar-refractivity contribution >= 4 is 11.6 Å². The van der Waals surface area contributed by atoms with Crippen LogP contribution >= 0.6 is 0 Å². The van der Waals surface area contributed by atoms with Crippen molar-refractivity contribution in [1.82, 2.24) is 0 Å². The minimum absolute atomic E-state index is 0.359. The van der Waals surface area contributed by atoms with Gasteiger partial charge in [-0.1, -0.05) is 6.07 Å². The molecule has 1 amide bonds. The number of carbonyl (C=O) groups excluding carboxylic acids is 1. The zero-order chi connectivity index (χ0) is 15.9. The Kier molecular flexibility index (Phi) is 5.30. The standard InChI is InChI=1S/C16H15F2NO3/c1-2-21-11-6-8-12(9-7-11)22-10-15(20)19-16-13(17)4-3-5-14(16)18/h3-9H,2,10H2,1H3,(H,19,20). The molecule has 0 heterocycles. The Morgan fingerprint density at radius 1 is 1.00 bits per heavy atom. The van der Waals surface area contributed by atoms with Crippen molar-refractivity contribution < 1.29 is 23.0 Å². The number of hydrogen-bond donors (Lipinski definition) is 1. The molecule has 0 aliphatic carbocycles. The van der Waals surface area contributed by atoms with Crippen LogP contribution in [0.2, 0.25) is 0 Å². The van der Waals surface area contributed by atoms with Gasteiger partial charge in [0.15, 0.2) is 6.61 Å². The summed E-state index contributed by atoms with van der Waals surface area (Å²) in [5.74, 6) is -1.19. The summed E-state index contributed by atoms with van der Waals surface area (Å²) < 4.78 is 37.3. The molecule has 0 radical (unpaired) electrons. The average molecular weight is 307 g/mol. The van der Waals surface area contributed by atoms with Crippen LogP contribution in [0.3, 0.4) is 0 Å². The summed E-state index contributed by atoms with van der Waals surface area (Å²) in [6, 6.07) is 10.0. The summed E-state index contributed by atoms with van der Waals surface area (Å²) in [6.07, 6.45) is 0. The first-order chi connectivity index (χ1) is 10.6. The third-order valence-corrected chi connectivity index (χ3v) is 2.73. The largest absolute Gasteiger partial charge is 0.494 e. The van der Waals surface area contributed by atoms with Crippen LogP contribution in [0.4, 0.5) is 14.5 Å². The number of amides is 1. The number of ether oxygens (including phenoxy) is 2. The van der Waals surface area contributed by atoms with Gasteiger partial charge in [0.1, 0.15) is 28.8 Å². The second-order valence-electron chi connectivity index (χ2n) is 4.34. The van der Waals surface area contributed by atoms with Crippen LogP contribution in [-0.2, 0) is 4.79 Å². The highest BCUT2D eigenvalue weighted by Gasteiger charge is 2.12. The molecule has 4 nitrogen and oxygen atoms in total. The van der Waals surface area contributed by atoms with Crippen molar-refractivity contribution in [2.24, 2.45) is 0 Å². The average Bonchev–Trinajstić information content (AvgIpc) is 2.51. The van der Waals surface area contributed by atoms with Gasteiger partial charge in [-0.15, -0.1) is 0 Å². The Hall–Kier alpha value is -2.63. The summed E-state index contributed by atoms with van der Waals surface area (Å²) in [7, 11) is 0. The lowest BCUT2D eigenvalue weighted by atomic mass is 10.3. The molecule has 22 heavy (non-hydrogen) atoms. The molecule has 0 fully saturated rings. The lowest BCUT2D eigenvalue weighted by Gasteiger charge is -2.09. The zero-order valence-corrected chi connectivity index (χ0v) is 11.9. The summed E-state index contributed by atoms with van der Waals surface area (Å²) in [4.78, 5) is 11.7. The van der Waals surface area contributed by atoms with Gasteiger partial charge in [0.25, 0.3) is 5.91 Å². The zero-order valence-electron chi connectivity index (χ0n) is 11.9. The minimum Gasteiger partial charge on any atom is -0.494 e. The van der Waals surface area contributed by atoms with Gasteiger partial charge in [0.2, 0.25) is 0 Å². The lowest BCUT2D eigenvalue weighted by Crippen LogP contribution is -2.21. The van der Waals surface area contributed by atoms with Crippen molar-refractivity contribution in [2.75, 3.05) is 18.5 Å². The van der Waals surface area contributed by atoms with Crippen LogP contribution in [0.5, 0.6) is 11.5 Å². The number of halogens is 2. The number of nitrogens with one attached hydrogen (secondary N) is 1. The van der Waals surface area contributed by atoms with E-state index in [1.807, 2.05) is 6.92 Å². The first kappa shape index (κ1) is 15.8. The van der Waals surface area contributed by atoms with Gasteiger partial charge >= 0.3 is 0 Å². The van der Waals surface area contributed by atoms with Gasteiger partial charge in [-0.25, -0.2) is 8.78 Å². The lowest BCUT2D eigenvalue weighted by molar-refractivity contribution is -0.118. The second-order valence-corrected chi connectivity index (χ2v) is 4.34. The molecular formula is C16H15F2NO3. The maximum atomic E-state index is 13.4. The molecule has 0 atom stereocenters. The summed E-state index contributed by atoms with van der Waals surface area (Å²) in [5.41, 5.74) is -0.484. The van der Waals surface area contributed by atoms with Gasteiger partial charge in [-0.05, 0) is 43.3 Å². The van der Waals surface area contributed by atoms with Crippen LogP contribution in [-0.4, -0.2) is 19.1 Å². The molecular weight excluding hydrogens is 292 g/mol. The Morgan fingerprint density at radius 3 is 2.09 bits per heavy atom. The molecule has 0 aromatic heterocycles. The monoisotopic (exact) mass is 307 g/mol. The summed E-state index contributed by atoms with van der Waals surface area (Å²) >= 11 is 0. The van der Waals surface area contributed by atoms with E-state index < -0.39 is 23.2 Å². The molecule has 2 aromatic carbocycles. The number of carbonyl (C=O) groups is 1. The third kappa shape index (κ3) is 4.18. The third-order valence-electron chi connectivity index (χ3n) is 2.73. The number of para-hydroxylation sites is 1. The second kappa shape index (κ2) is 7.40. The van der Waals surface area contributed by atoms with Crippen LogP contribution < -0.4 is 14.8 Å². The molecule has 2 rings (SSSR count). The normalized spacial score (nSPS) is 10.1. The highest BCUT2D eigenvalue weighted by atomic mass is 19.1. The molecule has 0 aliphatic heterocycles. The van der Waals surface area contributed by atoms with Crippen molar-refractivity contribution in [3.63, 3.8) is 0 Å². The first-order valence-electron chi connectivity index (χ1n) is 6.69. The van der Waals surface area contributed by atoms with Crippen LogP contribution in [0.15, 0.2) is 42.5 Å². The highest BCUT2D eigenvalue weighted by molar-refractivity contribution is 5.92. The molecule has 0 spiro atoms. The van der Waals surface area contributed by atoms with E-state index in [4.69, 9.17) is 9.47 Å². The predicted molar refractivity (Wildman–Crippen MR) is 78.1 cm³/mol. The van der Waals surface area contributed by atoms with E-state index >= 15 is 0 Å². The number of benzene rings is 2. The van der Waals surface area contributed by atoms with Gasteiger partial charge in [0.05, 0.1) is 6.61 Å². The molecule has 0 unspecified atom stereocenters. The van der Waals surface area contributed by atoms with E-state index in [9.17, 15) is 13.6 Å². The number of anilines is 1. The first-order valence-corrected chi connectivity index (χ1v) is 6.69. The Bertz CT molecular complexity index is 624. The van der Waals surface area contributed by atoms with Crippen LogP contribution in [0.1, 0.15) is 6.92 Å². The minimum atomic E-state index is -0.839. The van der Waals surface area contributed by atoms with E-state index in [0.29, 0.717) is 18.1 Å². The smallest absolute Gasteiger partial charge is 0.262 e. The fourth-order valence-corrected chi connectivity index (χ4v) is 1.74. The molecule has 6 heteroatoms. The molecule has 0 bridgehead atoms. The van der Waals surface area contributed by atoms with E-state index in [1.54, 1.807) is 24.3 Å². The predicted octanol–water partition coefficient (Wildman–Crippen LogP) is 3.38. The fraction of sp³-hybridized carbons (Fsp3) is 0.188. The van der Waals surface area contributed by atoms with Crippen molar-refractivity contribution in [1.29, 1.82) is 0 Å². The highest BCUT2D eigenvalue weighted by Crippen LogP contribution is 2.19. The number of hydrogen-bond acceptors (Lipinski definition) is 3. The molecule has 0 saturated heterocycles. The Morgan fingerprint density at radius 2 is 1.55 bits per heavy atom. The van der Waals surface area contributed by atoms with Gasteiger partial charge in [0, 0.05) is 0 Å². The van der Waals surface area contributed by atoms with Crippen molar-refractivity contribution in [3.8, 4) is 11.5 Å². The van der Waals surface area contributed by atoms with Gasteiger partial charge < -0.3 is 14.8 Å². The van der Waals surface area contributed by atoms with Crippen LogP contribution in [0.25, 0.3) is 0 Å². The number of rotatable bonds is 6. The molecule has 116 valence electrons. The topological polar surface area (TPSA) is 47.6 Å². The van der Waals surface area contributed by atoms with E-state index in [2.05, 4.69) is 5.32 Å². The maximum Gasteiger partial charge on any atom is 0.262 e. The van der Waals surface area contributed by atoms with E-state index in [-0.39, 0.29) is 6.61 Å². The van der Waals surface area contributed by atoms with E-state index in [1.165, 1.54) is 6.07 Å². The Balaban J connectivity index is 1.90. The molecule has 2 aromatic rings. The summed E-state index contributed by atoms with van der Waals surface area (Å²) in [6.45, 7) is 2.06. The molecule has 0 saturated carbocycles. The van der Waals surface area contributed by atoms with Crippen molar-refractivity contribution in [2.45, 2.75) is 6.92 Å². The molecule has 1 N–H and O–H groups in total. The summed E-state index contributed by atoms with van der Waals surface area (Å²) in [5, 5.41) is 2.14. The van der Waals surface area contributed by atoms with Crippen molar-refractivity contribution in [3.05, 3.63) is 54.1 Å². The maximum absolute atomic E-state index is 13.4. The Labute approximate surface area is 126 Å². The van der Waals surface area contributed by atoms with Crippen LogP contribution in [0, 0.1) is 11.6 Å².